The summed E-state index contributed by atoms with van der Waals surface area (Å²) in [4.78, 5) is 6.78. The largest absolute Gasteiger partial charge is 0.383 e. The second-order valence-electron chi connectivity index (χ2n) is 7.99. The van der Waals surface area contributed by atoms with Crippen molar-refractivity contribution in [3.8, 4) is 0 Å². The summed E-state index contributed by atoms with van der Waals surface area (Å²) in [6.07, 6.45) is 2.88. The molecule has 2 heterocycles. The van der Waals surface area contributed by atoms with Gasteiger partial charge in [0.25, 0.3) is 0 Å². The standard InChI is InChI=1S/C21H29N5O4S.HI/c1-2-22-20(23-16-21(27)9-7-17-5-3-4-6-19(17)21)25-10-12-26(13-11-25)31(28,29)15-18-8-14-30-24-18;/h3-6,8,14,27H,2,7,9-13,15-16H2,1H3,(H,22,23);1H. The Kier molecular flexibility index (Phi) is 8.17. The number of hydrogen-bond donors (Lipinski definition) is 2. The van der Waals surface area contributed by atoms with Crippen LogP contribution in [0.15, 0.2) is 46.1 Å². The maximum Gasteiger partial charge on any atom is 0.220 e. The van der Waals surface area contributed by atoms with Gasteiger partial charge in [-0.3, -0.25) is 0 Å². The molecule has 0 saturated carbocycles. The lowest BCUT2D eigenvalue weighted by atomic mass is 9.96. The van der Waals surface area contributed by atoms with Crippen molar-refractivity contribution in [2.75, 3.05) is 39.3 Å². The fourth-order valence-electron chi connectivity index (χ4n) is 4.23. The van der Waals surface area contributed by atoms with Crippen molar-refractivity contribution in [2.24, 2.45) is 4.99 Å². The number of rotatable bonds is 6. The molecule has 1 saturated heterocycles. The highest BCUT2D eigenvalue weighted by Gasteiger charge is 2.36. The molecule has 176 valence electrons. The van der Waals surface area contributed by atoms with Gasteiger partial charge in [0.1, 0.15) is 17.6 Å². The van der Waals surface area contributed by atoms with Crippen molar-refractivity contribution in [1.82, 2.24) is 19.7 Å². The van der Waals surface area contributed by atoms with Gasteiger partial charge in [-0.1, -0.05) is 29.4 Å². The van der Waals surface area contributed by atoms with Crippen molar-refractivity contribution < 1.29 is 18.0 Å². The van der Waals surface area contributed by atoms with Gasteiger partial charge < -0.3 is 19.8 Å². The molecule has 0 amide bonds. The summed E-state index contributed by atoms with van der Waals surface area (Å²) < 4.78 is 31.5. The SMILES string of the molecule is CCNC(=NCC1(O)CCc2ccccc21)N1CCN(S(=O)(=O)Cc2ccon2)CC1.I. The molecule has 1 atom stereocenters. The first kappa shape index (κ1) is 24.9. The van der Waals surface area contributed by atoms with Gasteiger partial charge in [0, 0.05) is 38.8 Å². The van der Waals surface area contributed by atoms with E-state index >= 15 is 0 Å². The quantitative estimate of drug-likeness (QED) is 0.306. The molecule has 0 spiro atoms. The minimum absolute atomic E-state index is 0. The lowest BCUT2D eigenvalue weighted by Gasteiger charge is -2.36. The van der Waals surface area contributed by atoms with Crippen LogP contribution >= 0.6 is 24.0 Å². The summed E-state index contributed by atoms with van der Waals surface area (Å²) in [5.41, 5.74) is 1.58. The maximum absolute atomic E-state index is 12.7. The molecule has 2 aromatic rings. The zero-order chi connectivity index (χ0) is 21.9. The van der Waals surface area contributed by atoms with Gasteiger partial charge in [-0.25, -0.2) is 13.4 Å². The van der Waals surface area contributed by atoms with E-state index in [0.717, 1.165) is 12.0 Å². The lowest BCUT2D eigenvalue weighted by molar-refractivity contribution is 0.0482. The summed E-state index contributed by atoms with van der Waals surface area (Å²) in [6, 6.07) is 9.54. The number of hydrogen-bond acceptors (Lipinski definition) is 6. The second kappa shape index (κ2) is 10.5. The van der Waals surface area contributed by atoms with Crippen LogP contribution in [0, 0.1) is 0 Å². The summed E-state index contributed by atoms with van der Waals surface area (Å²) in [7, 11) is -3.45. The summed E-state index contributed by atoms with van der Waals surface area (Å²) >= 11 is 0. The molecule has 1 aromatic carbocycles. The van der Waals surface area contributed by atoms with Crippen LogP contribution < -0.4 is 5.32 Å². The van der Waals surface area contributed by atoms with Crippen molar-refractivity contribution in [3.63, 3.8) is 0 Å². The van der Waals surface area contributed by atoms with Crippen LogP contribution in [-0.4, -0.2) is 73.1 Å². The number of benzene rings is 1. The van der Waals surface area contributed by atoms with Crippen LogP contribution in [0.4, 0.5) is 0 Å². The Morgan fingerprint density at radius 2 is 2.00 bits per heavy atom. The van der Waals surface area contributed by atoms with E-state index in [2.05, 4.69) is 21.4 Å². The van der Waals surface area contributed by atoms with Crippen molar-refractivity contribution in [2.45, 2.75) is 31.1 Å². The molecule has 11 heteroatoms. The third-order valence-electron chi connectivity index (χ3n) is 5.91. The molecular formula is C21H30IN5O4S. The number of aliphatic hydroxyl groups is 1. The molecule has 9 nitrogen and oxygen atoms in total. The molecule has 1 aliphatic carbocycles. The van der Waals surface area contributed by atoms with Crippen LogP contribution in [0.25, 0.3) is 0 Å². The summed E-state index contributed by atoms with van der Waals surface area (Å²) in [6.45, 7) is 4.76. The Hall–Kier alpha value is -1.70. The van der Waals surface area contributed by atoms with E-state index in [1.807, 2.05) is 25.1 Å². The third-order valence-corrected chi connectivity index (χ3v) is 7.72. The van der Waals surface area contributed by atoms with Gasteiger partial charge in [-0.2, -0.15) is 4.31 Å². The van der Waals surface area contributed by atoms with Gasteiger partial charge in [0.15, 0.2) is 5.96 Å². The zero-order valence-electron chi connectivity index (χ0n) is 18.1. The minimum Gasteiger partial charge on any atom is -0.383 e. The maximum atomic E-state index is 12.7. The van der Waals surface area contributed by atoms with Gasteiger partial charge in [0.2, 0.25) is 10.0 Å². The average molecular weight is 575 g/mol. The Labute approximate surface area is 205 Å². The lowest BCUT2D eigenvalue weighted by Crippen LogP contribution is -2.54. The molecule has 0 radical (unpaired) electrons. The first-order valence-corrected chi connectivity index (χ1v) is 12.2. The highest BCUT2D eigenvalue weighted by atomic mass is 127. The molecule has 32 heavy (non-hydrogen) atoms. The number of aryl methyl sites for hydroxylation is 1. The number of piperazine rings is 1. The second-order valence-corrected chi connectivity index (χ2v) is 9.96. The number of aliphatic imine (C=N–C) groups is 1. The van der Waals surface area contributed by atoms with E-state index in [1.165, 1.54) is 16.1 Å². The van der Waals surface area contributed by atoms with Crippen LogP contribution in [0.2, 0.25) is 0 Å². The Morgan fingerprint density at radius 3 is 2.69 bits per heavy atom. The molecule has 1 aliphatic heterocycles. The molecule has 4 rings (SSSR count). The number of sulfonamides is 1. The van der Waals surface area contributed by atoms with E-state index in [-0.39, 0.29) is 36.3 Å². The van der Waals surface area contributed by atoms with Crippen LogP contribution in [0.5, 0.6) is 0 Å². The number of nitrogens with zero attached hydrogens (tertiary/aromatic N) is 4. The summed E-state index contributed by atoms with van der Waals surface area (Å²) in [5, 5.41) is 18.2. The predicted molar refractivity (Wildman–Crippen MR) is 132 cm³/mol. The zero-order valence-corrected chi connectivity index (χ0v) is 21.3. The first-order valence-electron chi connectivity index (χ1n) is 10.6. The van der Waals surface area contributed by atoms with Gasteiger partial charge >= 0.3 is 0 Å². The van der Waals surface area contributed by atoms with E-state index in [4.69, 9.17) is 9.52 Å². The number of guanidine groups is 1. The Morgan fingerprint density at radius 1 is 1.25 bits per heavy atom. The molecule has 2 aliphatic rings. The van der Waals surface area contributed by atoms with Crippen molar-refractivity contribution >= 4 is 40.0 Å². The number of halogens is 1. The molecule has 0 bridgehead atoms. The van der Waals surface area contributed by atoms with Crippen LogP contribution in [0.1, 0.15) is 30.2 Å². The van der Waals surface area contributed by atoms with E-state index < -0.39 is 15.6 Å². The molecule has 1 aromatic heterocycles. The van der Waals surface area contributed by atoms with Crippen molar-refractivity contribution in [3.05, 3.63) is 53.4 Å². The fraction of sp³-hybridized carbons (Fsp3) is 0.524. The number of fused-ring (bicyclic) bond motifs is 1. The smallest absolute Gasteiger partial charge is 0.220 e. The third kappa shape index (κ3) is 5.43. The van der Waals surface area contributed by atoms with Gasteiger partial charge in [-0.05, 0) is 30.9 Å². The molecule has 1 fully saturated rings. The van der Waals surface area contributed by atoms with Gasteiger partial charge in [0.05, 0.1) is 12.2 Å². The molecule has 2 N–H and O–H groups in total. The Bertz CT molecular complexity index is 1020. The van der Waals surface area contributed by atoms with Crippen LogP contribution in [-0.2, 0) is 27.8 Å². The predicted octanol–water partition coefficient (Wildman–Crippen LogP) is 1.54. The number of aromatic nitrogens is 1. The average Bonchev–Trinajstić information content (AvgIpc) is 3.39. The highest BCUT2D eigenvalue weighted by molar-refractivity contribution is 14.0. The topological polar surface area (TPSA) is 111 Å². The van der Waals surface area contributed by atoms with E-state index in [9.17, 15) is 13.5 Å². The Balaban J connectivity index is 0.00000289. The van der Waals surface area contributed by atoms with Gasteiger partial charge in [-0.15, -0.1) is 24.0 Å². The van der Waals surface area contributed by atoms with E-state index in [0.29, 0.717) is 50.8 Å². The monoisotopic (exact) mass is 575 g/mol. The molecular weight excluding hydrogens is 545 g/mol. The van der Waals surface area contributed by atoms with Crippen molar-refractivity contribution in [1.29, 1.82) is 0 Å². The number of nitrogens with one attached hydrogen (secondary N) is 1. The normalized spacial score (nSPS) is 21.8. The fourth-order valence-corrected chi connectivity index (χ4v) is 5.66. The van der Waals surface area contributed by atoms with E-state index in [1.54, 1.807) is 6.07 Å². The molecule has 1 unspecified atom stereocenters. The van der Waals surface area contributed by atoms with Crippen LogP contribution in [0.3, 0.4) is 0 Å². The minimum atomic E-state index is -3.45. The summed E-state index contributed by atoms with van der Waals surface area (Å²) in [5.74, 6) is 0.540. The first-order chi connectivity index (χ1) is 14.9. The highest BCUT2D eigenvalue weighted by Crippen LogP contribution is 2.36.